The van der Waals surface area contributed by atoms with Crippen molar-refractivity contribution >= 4 is 21.7 Å². The Labute approximate surface area is 205 Å². The van der Waals surface area contributed by atoms with Crippen molar-refractivity contribution in [2.24, 2.45) is 0 Å². The van der Waals surface area contributed by atoms with Crippen molar-refractivity contribution in [1.82, 2.24) is 0 Å². The molecule has 0 aliphatic rings. The predicted octanol–water partition coefficient (Wildman–Crippen LogP) is 6.12. The molecule has 0 atom stereocenters. The highest BCUT2D eigenvalue weighted by Crippen LogP contribution is 2.31. The summed E-state index contributed by atoms with van der Waals surface area (Å²) < 4.78 is 32.3. The molecule has 0 aromatic heterocycles. The molecule has 35 heavy (non-hydrogen) atoms. The summed E-state index contributed by atoms with van der Waals surface area (Å²) in [6.07, 6.45) is 1.16. The molecule has 0 fully saturated rings. The van der Waals surface area contributed by atoms with Gasteiger partial charge < -0.3 is 9.84 Å². The van der Waals surface area contributed by atoms with Crippen LogP contribution in [-0.2, 0) is 16.6 Å². The molecule has 0 saturated carbocycles. The first kappa shape index (κ1) is 24.0. The van der Waals surface area contributed by atoms with Crippen molar-refractivity contribution in [2.45, 2.75) is 13.5 Å². The van der Waals surface area contributed by atoms with Gasteiger partial charge in [-0.1, -0.05) is 48.5 Å². The highest BCUT2D eigenvalue weighted by Gasteiger charge is 2.19. The van der Waals surface area contributed by atoms with Crippen LogP contribution in [0.25, 0.3) is 11.1 Å². The molecule has 1 N–H and O–H groups in total. The number of anilines is 1. The fourth-order valence-corrected chi connectivity index (χ4v) is 4.65. The summed E-state index contributed by atoms with van der Waals surface area (Å²) in [5.41, 5.74) is 4.29. The maximum absolute atomic E-state index is 12.6. The lowest BCUT2D eigenvalue weighted by Gasteiger charge is -2.24. The second kappa shape index (κ2) is 10.0. The minimum Gasteiger partial charge on any atom is -0.478 e. The van der Waals surface area contributed by atoms with E-state index in [1.54, 1.807) is 18.2 Å². The Bertz CT molecular complexity index is 1430. The number of aromatic carboxylic acids is 1. The van der Waals surface area contributed by atoms with Crippen molar-refractivity contribution < 1.29 is 23.1 Å². The number of carboxylic acids is 1. The number of hydrogen-bond donors (Lipinski definition) is 1. The van der Waals surface area contributed by atoms with E-state index in [1.807, 2.05) is 73.7 Å². The molecule has 0 aliphatic heterocycles. The van der Waals surface area contributed by atoms with E-state index in [0.717, 1.165) is 34.4 Å². The first-order valence-electron chi connectivity index (χ1n) is 10.9. The molecule has 178 valence electrons. The fraction of sp³-hybridized carbons (Fsp3) is 0.107. The molecule has 0 radical (unpaired) electrons. The van der Waals surface area contributed by atoms with Crippen LogP contribution < -0.4 is 9.04 Å². The summed E-state index contributed by atoms with van der Waals surface area (Å²) in [6.45, 7) is 2.04. The van der Waals surface area contributed by atoms with Crippen LogP contribution in [0.15, 0.2) is 97.1 Å². The van der Waals surface area contributed by atoms with Crippen molar-refractivity contribution in [1.29, 1.82) is 0 Å². The average Bonchev–Trinajstić information content (AvgIpc) is 2.83. The monoisotopic (exact) mass is 487 g/mol. The Morgan fingerprint density at radius 3 is 2.06 bits per heavy atom. The number of rotatable bonds is 8. The van der Waals surface area contributed by atoms with Gasteiger partial charge in [-0.05, 0) is 77.7 Å². The van der Waals surface area contributed by atoms with E-state index in [4.69, 9.17) is 9.84 Å². The molecule has 7 heteroatoms. The molecule has 4 aromatic rings. The second-order valence-electron chi connectivity index (χ2n) is 8.21. The van der Waals surface area contributed by atoms with Crippen molar-refractivity contribution in [3.63, 3.8) is 0 Å². The van der Waals surface area contributed by atoms with Gasteiger partial charge in [-0.25, -0.2) is 13.2 Å². The van der Waals surface area contributed by atoms with Crippen LogP contribution in [-0.4, -0.2) is 25.7 Å². The van der Waals surface area contributed by atoms with Crippen molar-refractivity contribution in [3.8, 4) is 22.6 Å². The van der Waals surface area contributed by atoms with Gasteiger partial charge in [0.1, 0.15) is 11.5 Å². The number of benzene rings is 4. The molecule has 4 aromatic carbocycles. The third-order valence-corrected chi connectivity index (χ3v) is 6.71. The molecule has 0 spiro atoms. The van der Waals surface area contributed by atoms with Crippen LogP contribution in [0.3, 0.4) is 0 Å². The van der Waals surface area contributed by atoms with E-state index in [2.05, 4.69) is 0 Å². The first-order chi connectivity index (χ1) is 16.7. The zero-order valence-electron chi connectivity index (χ0n) is 19.4. The van der Waals surface area contributed by atoms with Crippen molar-refractivity contribution in [2.75, 3.05) is 10.6 Å². The van der Waals surface area contributed by atoms with E-state index in [1.165, 1.54) is 16.4 Å². The normalized spacial score (nSPS) is 11.1. The predicted molar refractivity (Wildman–Crippen MR) is 138 cm³/mol. The van der Waals surface area contributed by atoms with E-state index in [0.29, 0.717) is 11.3 Å². The molecular formula is C28H25NO5S. The van der Waals surface area contributed by atoms with Crippen LogP contribution in [0, 0.1) is 6.92 Å². The van der Waals surface area contributed by atoms with Gasteiger partial charge >= 0.3 is 5.97 Å². The molecule has 0 amide bonds. The largest absolute Gasteiger partial charge is 0.478 e. The number of ether oxygens (including phenoxy) is 1. The number of carboxylic acid groups (broad SMARTS) is 1. The summed E-state index contributed by atoms with van der Waals surface area (Å²) in [4.78, 5) is 11.1. The van der Waals surface area contributed by atoms with Crippen LogP contribution in [0.1, 0.15) is 21.5 Å². The Balaban J connectivity index is 1.56. The number of para-hydroxylation sites is 1. The Kier molecular flexibility index (Phi) is 6.89. The highest BCUT2D eigenvalue weighted by atomic mass is 32.2. The van der Waals surface area contributed by atoms with Gasteiger partial charge in [-0.15, -0.1) is 0 Å². The van der Waals surface area contributed by atoms with Crippen LogP contribution >= 0.6 is 0 Å². The summed E-state index contributed by atoms with van der Waals surface area (Å²) in [6, 6.07) is 29.0. The highest BCUT2D eigenvalue weighted by molar-refractivity contribution is 7.92. The molecule has 0 unspecified atom stereocenters. The van der Waals surface area contributed by atoms with Gasteiger partial charge in [0.05, 0.1) is 24.1 Å². The lowest BCUT2D eigenvalue weighted by Crippen LogP contribution is -2.29. The fourth-order valence-electron chi connectivity index (χ4n) is 3.77. The molecular weight excluding hydrogens is 462 g/mol. The Hall–Kier alpha value is -4.10. The third kappa shape index (κ3) is 5.88. The number of hydrogen-bond acceptors (Lipinski definition) is 4. The lowest BCUT2D eigenvalue weighted by molar-refractivity contribution is 0.0697. The number of aryl methyl sites for hydroxylation is 1. The summed E-state index contributed by atoms with van der Waals surface area (Å²) >= 11 is 0. The molecule has 0 heterocycles. The van der Waals surface area contributed by atoms with Gasteiger partial charge in [0.2, 0.25) is 10.0 Å². The van der Waals surface area contributed by atoms with E-state index < -0.39 is 16.0 Å². The Morgan fingerprint density at radius 2 is 1.49 bits per heavy atom. The zero-order valence-corrected chi connectivity index (χ0v) is 20.2. The summed E-state index contributed by atoms with van der Waals surface area (Å²) in [7, 11) is -3.57. The number of nitrogens with zero attached hydrogens (tertiary/aromatic N) is 1. The topological polar surface area (TPSA) is 83.9 Å². The first-order valence-corrected chi connectivity index (χ1v) is 12.8. The van der Waals surface area contributed by atoms with Gasteiger partial charge in [-0.3, -0.25) is 4.31 Å². The Morgan fingerprint density at radius 1 is 0.857 bits per heavy atom. The van der Waals surface area contributed by atoms with Gasteiger partial charge in [0.15, 0.2) is 0 Å². The molecule has 0 bridgehead atoms. The SMILES string of the molecule is Cc1cc(N(Cc2ccc(C(=O)O)cc2)S(C)(=O)=O)ccc1-c1ccc(Oc2ccccc2)cc1. The standard InChI is InChI=1S/C28H25NO5S/c1-20-18-24(29(35(2,32)33)19-21-8-10-23(11-9-21)28(30)31)14-17-27(20)22-12-15-26(16-13-22)34-25-6-4-3-5-7-25/h3-18H,19H2,1-2H3,(H,30,31). The maximum Gasteiger partial charge on any atom is 0.335 e. The summed E-state index contributed by atoms with van der Waals surface area (Å²) in [5, 5.41) is 9.08. The molecule has 4 rings (SSSR count). The molecule has 0 aliphatic carbocycles. The summed E-state index contributed by atoms with van der Waals surface area (Å²) in [5.74, 6) is 0.466. The number of sulfonamides is 1. The van der Waals surface area contributed by atoms with Gasteiger partial charge in [0, 0.05) is 0 Å². The molecule has 0 saturated heterocycles. The minimum atomic E-state index is -3.57. The third-order valence-electron chi connectivity index (χ3n) is 5.57. The van der Waals surface area contributed by atoms with Gasteiger partial charge in [0.25, 0.3) is 0 Å². The van der Waals surface area contributed by atoms with Crippen LogP contribution in [0.2, 0.25) is 0 Å². The average molecular weight is 488 g/mol. The van der Waals surface area contributed by atoms with Crippen molar-refractivity contribution in [3.05, 3.63) is 114 Å². The van der Waals surface area contributed by atoms with Crippen LogP contribution in [0.5, 0.6) is 11.5 Å². The maximum atomic E-state index is 12.6. The van der Waals surface area contributed by atoms with Gasteiger partial charge in [-0.2, -0.15) is 0 Å². The van der Waals surface area contributed by atoms with E-state index in [9.17, 15) is 13.2 Å². The van der Waals surface area contributed by atoms with Crippen LogP contribution in [0.4, 0.5) is 5.69 Å². The number of carbonyl (C=O) groups is 1. The quantitative estimate of drug-likeness (QED) is 0.324. The molecule has 6 nitrogen and oxygen atoms in total. The zero-order chi connectivity index (χ0) is 25.0. The smallest absolute Gasteiger partial charge is 0.335 e. The van der Waals surface area contributed by atoms with E-state index >= 15 is 0 Å². The second-order valence-corrected chi connectivity index (χ2v) is 10.1. The lowest BCUT2D eigenvalue weighted by atomic mass is 10.00. The minimum absolute atomic E-state index is 0.100. The van der Waals surface area contributed by atoms with E-state index in [-0.39, 0.29) is 12.1 Å².